The number of hydrogen-bond donors (Lipinski definition) is 1. The van der Waals surface area contributed by atoms with Gasteiger partial charge in [-0.3, -0.25) is 10.1 Å². The fourth-order valence-electron chi connectivity index (χ4n) is 1.48. The first kappa shape index (κ1) is 14.0. The van der Waals surface area contributed by atoms with Crippen LogP contribution in [-0.2, 0) is 21.7 Å². The lowest BCUT2D eigenvalue weighted by Crippen LogP contribution is -2.45. The minimum atomic E-state index is -2.42. The van der Waals surface area contributed by atoms with Crippen LogP contribution in [0.25, 0.3) is 0 Å². The third-order valence-corrected chi connectivity index (χ3v) is 2.26. The van der Waals surface area contributed by atoms with Crippen molar-refractivity contribution in [2.75, 3.05) is 13.2 Å². The standard InChI is InChI=1S/C9H14N4O5/c1-3-12-7(10-6-11-12)9(15,5-13(16)17)8(14)18-4-2/h6,15H,3-5H2,1-2H3. The Kier molecular flexibility index (Phi) is 4.32. The Morgan fingerprint density at radius 1 is 1.67 bits per heavy atom. The van der Waals surface area contributed by atoms with E-state index in [4.69, 9.17) is 0 Å². The number of carbonyl (C=O) groups excluding carboxylic acids is 1. The van der Waals surface area contributed by atoms with Gasteiger partial charge in [-0.25, -0.2) is 14.5 Å². The summed E-state index contributed by atoms with van der Waals surface area (Å²) >= 11 is 0. The second kappa shape index (κ2) is 5.54. The van der Waals surface area contributed by atoms with Gasteiger partial charge >= 0.3 is 5.97 Å². The highest BCUT2D eigenvalue weighted by molar-refractivity contribution is 5.80. The van der Waals surface area contributed by atoms with Gasteiger partial charge in [0.25, 0.3) is 12.1 Å². The molecule has 0 aliphatic heterocycles. The summed E-state index contributed by atoms with van der Waals surface area (Å²) < 4.78 is 5.87. The Hall–Kier alpha value is -2.03. The zero-order chi connectivity index (χ0) is 13.8. The fourth-order valence-corrected chi connectivity index (χ4v) is 1.48. The molecule has 18 heavy (non-hydrogen) atoms. The van der Waals surface area contributed by atoms with E-state index in [1.165, 1.54) is 11.6 Å². The summed E-state index contributed by atoms with van der Waals surface area (Å²) in [5.41, 5.74) is -2.42. The number of esters is 1. The first-order valence-electron chi connectivity index (χ1n) is 5.35. The molecular formula is C9H14N4O5. The van der Waals surface area contributed by atoms with Gasteiger partial charge in [-0.15, -0.1) is 0 Å². The predicted octanol–water partition coefficient (Wildman–Crippen LogP) is -0.675. The number of carbonyl (C=O) groups is 1. The van der Waals surface area contributed by atoms with Crippen molar-refractivity contribution in [2.45, 2.75) is 26.0 Å². The van der Waals surface area contributed by atoms with E-state index < -0.39 is 23.0 Å². The Morgan fingerprint density at radius 3 is 2.83 bits per heavy atom. The molecule has 1 atom stereocenters. The zero-order valence-corrected chi connectivity index (χ0v) is 10.1. The second-order valence-electron chi connectivity index (χ2n) is 3.47. The summed E-state index contributed by atoms with van der Waals surface area (Å²) in [6.07, 6.45) is 1.11. The van der Waals surface area contributed by atoms with Gasteiger partial charge in [-0.1, -0.05) is 0 Å². The van der Waals surface area contributed by atoms with E-state index in [0.717, 1.165) is 6.33 Å². The summed E-state index contributed by atoms with van der Waals surface area (Å²) in [5.74, 6) is -1.30. The number of aromatic nitrogens is 3. The van der Waals surface area contributed by atoms with Crippen molar-refractivity contribution in [3.63, 3.8) is 0 Å². The van der Waals surface area contributed by atoms with Crippen LogP contribution in [0.2, 0.25) is 0 Å². The molecule has 0 aliphatic rings. The van der Waals surface area contributed by atoms with Crippen LogP contribution < -0.4 is 0 Å². The van der Waals surface area contributed by atoms with E-state index in [1.54, 1.807) is 6.92 Å². The molecule has 1 unspecified atom stereocenters. The number of hydrogen-bond acceptors (Lipinski definition) is 7. The number of aryl methyl sites for hydroxylation is 1. The maximum Gasteiger partial charge on any atom is 0.353 e. The molecule has 0 amide bonds. The van der Waals surface area contributed by atoms with Crippen molar-refractivity contribution in [3.8, 4) is 0 Å². The molecule has 0 saturated carbocycles. The number of nitrogens with zero attached hydrogens (tertiary/aromatic N) is 4. The Morgan fingerprint density at radius 2 is 2.33 bits per heavy atom. The molecule has 1 aromatic rings. The van der Waals surface area contributed by atoms with Crippen LogP contribution in [0.5, 0.6) is 0 Å². The third kappa shape index (κ3) is 2.62. The van der Waals surface area contributed by atoms with Crippen LogP contribution in [0.1, 0.15) is 19.7 Å². The number of nitro groups is 1. The van der Waals surface area contributed by atoms with E-state index in [-0.39, 0.29) is 12.4 Å². The van der Waals surface area contributed by atoms with Crippen molar-refractivity contribution in [1.82, 2.24) is 14.8 Å². The average Bonchev–Trinajstić information content (AvgIpc) is 2.76. The minimum absolute atomic E-state index is 0.000873. The zero-order valence-electron chi connectivity index (χ0n) is 10.1. The van der Waals surface area contributed by atoms with Crippen molar-refractivity contribution in [3.05, 3.63) is 22.3 Å². The largest absolute Gasteiger partial charge is 0.463 e. The monoisotopic (exact) mass is 258 g/mol. The highest BCUT2D eigenvalue weighted by atomic mass is 16.6. The van der Waals surface area contributed by atoms with Gasteiger partial charge in [-0.05, 0) is 13.8 Å². The summed E-state index contributed by atoms with van der Waals surface area (Å²) in [4.78, 5) is 25.2. The van der Waals surface area contributed by atoms with Crippen molar-refractivity contribution in [2.24, 2.45) is 0 Å². The molecule has 100 valence electrons. The van der Waals surface area contributed by atoms with Crippen LogP contribution in [0.4, 0.5) is 0 Å². The topological polar surface area (TPSA) is 120 Å². The Labute approximate surface area is 103 Å². The number of aliphatic hydroxyl groups is 1. The van der Waals surface area contributed by atoms with E-state index in [2.05, 4.69) is 14.8 Å². The molecule has 0 aromatic carbocycles. The van der Waals surface area contributed by atoms with Crippen LogP contribution in [0.3, 0.4) is 0 Å². The van der Waals surface area contributed by atoms with Gasteiger partial charge in [-0.2, -0.15) is 5.10 Å². The van der Waals surface area contributed by atoms with Gasteiger partial charge in [0.2, 0.25) is 0 Å². The lowest BCUT2D eigenvalue weighted by molar-refractivity contribution is -0.499. The van der Waals surface area contributed by atoms with E-state index in [1.807, 2.05) is 0 Å². The van der Waals surface area contributed by atoms with Crippen LogP contribution in [-0.4, -0.2) is 43.9 Å². The second-order valence-corrected chi connectivity index (χ2v) is 3.47. The van der Waals surface area contributed by atoms with Crippen LogP contribution in [0, 0.1) is 10.1 Å². The lowest BCUT2D eigenvalue weighted by Gasteiger charge is -2.20. The molecular weight excluding hydrogens is 244 g/mol. The smallest absolute Gasteiger partial charge is 0.353 e. The lowest BCUT2D eigenvalue weighted by atomic mass is 10.0. The molecule has 1 heterocycles. The van der Waals surface area contributed by atoms with Crippen molar-refractivity contribution in [1.29, 1.82) is 0 Å². The molecule has 1 rings (SSSR count). The van der Waals surface area contributed by atoms with Gasteiger partial charge in [0.1, 0.15) is 6.33 Å². The predicted molar refractivity (Wildman–Crippen MR) is 58.1 cm³/mol. The SMILES string of the molecule is CCOC(=O)C(O)(C[N+](=O)[O-])c1ncnn1CC. The first-order chi connectivity index (χ1) is 8.45. The van der Waals surface area contributed by atoms with Crippen LogP contribution in [0.15, 0.2) is 6.33 Å². The van der Waals surface area contributed by atoms with Crippen molar-refractivity contribution < 1.29 is 19.6 Å². The van der Waals surface area contributed by atoms with E-state index in [9.17, 15) is 20.0 Å². The van der Waals surface area contributed by atoms with Gasteiger partial charge in [0.05, 0.1) is 6.61 Å². The Balaban J connectivity index is 3.19. The highest BCUT2D eigenvalue weighted by Crippen LogP contribution is 2.21. The molecule has 0 aliphatic carbocycles. The van der Waals surface area contributed by atoms with Gasteiger partial charge in [0, 0.05) is 11.5 Å². The van der Waals surface area contributed by atoms with Gasteiger partial charge < -0.3 is 9.84 Å². The number of rotatable bonds is 6. The summed E-state index contributed by atoms with van der Waals surface area (Å²) in [6, 6.07) is 0. The Bertz CT molecular complexity index is 446. The molecule has 1 N–H and O–H groups in total. The van der Waals surface area contributed by atoms with Gasteiger partial charge in [0.15, 0.2) is 5.82 Å². The molecule has 1 aromatic heterocycles. The first-order valence-corrected chi connectivity index (χ1v) is 5.35. The van der Waals surface area contributed by atoms with Crippen LogP contribution >= 0.6 is 0 Å². The maximum atomic E-state index is 11.7. The maximum absolute atomic E-state index is 11.7. The highest BCUT2D eigenvalue weighted by Gasteiger charge is 2.49. The molecule has 9 nitrogen and oxygen atoms in total. The molecule has 9 heteroatoms. The number of ether oxygens (including phenoxy) is 1. The van der Waals surface area contributed by atoms with Crippen molar-refractivity contribution >= 4 is 5.97 Å². The normalized spacial score (nSPS) is 13.9. The molecule has 0 radical (unpaired) electrons. The molecule has 0 bridgehead atoms. The quantitative estimate of drug-likeness (QED) is 0.408. The molecule has 0 saturated heterocycles. The fraction of sp³-hybridized carbons (Fsp3) is 0.667. The average molecular weight is 258 g/mol. The summed E-state index contributed by atoms with van der Waals surface area (Å²) in [7, 11) is 0. The summed E-state index contributed by atoms with van der Waals surface area (Å²) in [6.45, 7) is 2.53. The minimum Gasteiger partial charge on any atom is -0.463 e. The summed E-state index contributed by atoms with van der Waals surface area (Å²) in [5, 5.41) is 24.6. The van der Waals surface area contributed by atoms with E-state index in [0.29, 0.717) is 6.54 Å². The molecule has 0 fully saturated rings. The third-order valence-electron chi connectivity index (χ3n) is 2.26. The van der Waals surface area contributed by atoms with E-state index >= 15 is 0 Å². The molecule has 0 spiro atoms.